The molecule has 6 atom stereocenters. The Morgan fingerprint density at radius 1 is 1.07 bits per heavy atom. The monoisotopic (exact) mass is 562 g/mol. The van der Waals surface area contributed by atoms with Crippen LogP contribution in [0.5, 0.6) is 5.75 Å². The Morgan fingerprint density at radius 3 is 2.37 bits per heavy atom. The molecule has 2 fully saturated rings. The zero-order chi connectivity index (χ0) is 30.1. The van der Waals surface area contributed by atoms with Gasteiger partial charge in [0.25, 0.3) is 0 Å². The van der Waals surface area contributed by atoms with Gasteiger partial charge in [-0.15, -0.1) is 0 Å². The van der Waals surface area contributed by atoms with E-state index in [0.29, 0.717) is 16.7 Å². The molecule has 2 unspecified atom stereocenters. The molecular formula is C30H30N2O9. The van der Waals surface area contributed by atoms with Crippen LogP contribution in [0.4, 0.5) is 5.69 Å². The number of hydrogen-bond acceptors (Lipinski definition) is 10. The Morgan fingerprint density at radius 2 is 1.76 bits per heavy atom. The molecule has 0 saturated heterocycles. The summed E-state index contributed by atoms with van der Waals surface area (Å²) < 4.78 is 4.81. The standard InChI is InChI=1S/C30H30N2O9/c1-11(2)20-18-10-13-9-17-16(12-6-14(29(39)41-3)8-15(31)7-12)4-5-19(33)22(17)25(35)21(13)26(36)30(18,40)27(37)23(24(20)34)28(32)38/h4-8,11,13,18,20-21,23,33,40H,9-10,31H2,1-3H3,(H2,32,38)/t13-,18-,20-,21?,23?,30-/m0/s1. The van der Waals surface area contributed by atoms with Gasteiger partial charge in [0.1, 0.15) is 5.75 Å². The number of ether oxygens (including phenoxy) is 1. The zero-order valence-electron chi connectivity index (χ0n) is 22.7. The molecule has 3 aliphatic rings. The molecule has 2 saturated carbocycles. The number of hydrogen-bond donors (Lipinski definition) is 4. The number of carbonyl (C=O) groups excluding carboxylic acids is 6. The number of methoxy groups -OCH3 is 1. The summed E-state index contributed by atoms with van der Waals surface area (Å²) in [6.45, 7) is 3.37. The van der Waals surface area contributed by atoms with Gasteiger partial charge >= 0.3 is 5.97 Å². The third-order valence-electron chi connectivity index (χ3n) is 8.88. The minimum atomic E-state index is -2.76. The first kappa shape index (κ1) is 28.2. The number of phenolic OH excluding ortho intramolecular Hbond substituents is 1. The second-order valence-electron chi connectivity index (χ2n) is 11.5. The number of amides is 1. The molecule has 11 nitrogen and oxygen atoms in total. The first-order valence-electron chi connectivity index (χ1n) is 13.3. The van der Waals surface area contributed by atoms with Crippen molar-refractivity contribution >= 4 is 40.7 Å². The number of aliphatic hydroxyl groups is 1. The van der Waals surface area contributed by atoms with Crippen molar-refractivity contribution in [3.05, 3.63) is 47.0 Å². The molecular weight excluding hydrogens is 532 g/mol. The van der Waals surface area contributed by atoms with Crippen molar-refractivity contribution in [3.8, 4) is 16.9 Å². The Hall–Kier alpha value is -4.38. The van der Waals surface area contributed by atoms with Crippen molar-refractivity contribution in [3.63, 3.8) is 0 Å². The first-order valence-corrected chi connectivity index (χ1v) is 13.3. The Bertz CT molecular complexity index is 1560. The third kappa shape index (κ3) is 3.98. The van der Waals surface area contributed by atoms with E-state index in [1.165, 1.54) is 25.3 Å². The van der Waals surface area contributed by atoms with Crippen LogP contribution in [0.25, 0.3) is 11.1 Å². The highest BCUT2D eigenvalue weighted by molar-refractivity contribution is 6.32. The van der Waals surface area contributed by atoms with E-state index in [-0.39, 0.29) is 29.7 Å². The summed E-state index contributed by atoms with van der Waals surface area (Å²) in [6.07, 6.45) is 0.0475. The van der Waals surface area contributed by atoms with E-state index in [1.54, 1.807) is 26.0 Å². The lowest BCUT2D eigenvalue weighted by Gasteiger charge is -2.52. The lowest BCUT2D eigenvalue weighted by Crippen LogP contribution is -2.71. The maximum atomic E-state index is 13.9. The number of primary amides is 1. The van der Waals surface area contributed by atoms with Crippen LogP contribution in [0.15, 0.2) is 30.3 Å². The second-order valence-corrected chi connectivity index (χ2v) is 11.5. The molecule has 0 radical (unpaired) electrons. The average Bonchev–Trinajstić information content (AvgIpc) is 2.89. The van der Waals surface area contributed by atoms with E-state index in [9.17, 15) is 39.0 Å². The van der Waals surface area contributed by atoms with Gasteiger partial charge in [-0.05, 0) is 65.6 Å². The number of nitrogen functional groups attached to an aromatic ring is 1. The molecule has 0 aliphatic heterocycles. The van der Waals surface area contributed by atoms with Gasteiger partial charge in [0, 0.05) is 17.5 Å². The van der Waals surface area contributed by atoms with Gasteiger partial charge in [0.05, 0.1) is 24.2 Å². The largest absolute Gasteiger partial charge is 0.507 e. The summed E-state index contributed by atoms with van der Waals surface area (Å²) >= 11 is 0. The van der Waals surface area contributed by atoms with Crippen LogP contribution in [0.3, 0.4) is 0 Å². The maximum Gasteiger partial charge on any atom is 0.337 e. The summed E-state index contributed by atoms with van der Waals surface area (Å²) in [5, 5.41) is 22.5. The van der Waals surface area contributed by atoms with Crippen LogP contribution in [0, 0.1) is 35.5 Å². The highest BCUT2D eigenvalue weighted by atomic mass is 16.5. The number of nitrogens with two attached hydrogens (primary N) is 2. The number of phenols is 1. The molecule has 2 aromatic rings. The van der Waals surface area contributed by atoms with Gasteiger partial charge < -0.3 is 26.4 Å². The van der Waals surface area contributed by atoms with E-state index < -0.39 is 81.9 Å². The lowest BCUT2D eigenvalue weighted by atomic mass is 9.49. The van der Waals surface area contributed by atoms with E-state index in [1.807, 2.05) is 0 Å². The summed E-state index contributed by atoms with van der Waals surface area (Å²) in [4.78, 5) is 78.9. The van der Waals surface area contributed by atoms with Crippen LogP contribution in [-0.2, 0) is 30.3 Å². The quantitative estimate of drug-likeness (QED) is 0.238. The molecule has 11 heteroatoms. The van der Waals surface area contributed by atoms with Crippen molar-refractivity contribution in [1.29, 1.82) is 0 Å². The average molecular weight is 563 g/mol. The summed E-state index contributed by atoms with van der Waals surface area (Å²) in [6, 6.07) is 7.42. The molecule has 5 rings (SSSR count). The lowest BCUT2D eigenvalue weighted by molar-refractivity contribution is -0.182. The second kappa shape index (κ2) is 9.62. The van der Waals surface area contributed by atoms with Crippen LogP contribution < -0.4 is 11.5 Å². The minimum Gasteiger partial charge on any atom is -0.507 e. The van der Waals surface area contributed by atoms with Gasteiger partial charge in [-0.3, -0.25) is 24.0 Å². The Labute approximate surface area is 234 Å². The van der Waals surface area contributed by atoms with E-state index >= 15 is 0 Å². The van der Waals surface area contributed by atoms with Crippen LogP contribution in [0.1, 0.15) is 46.5 Å². The van der Waals surface area contributed by atoms with Crippen LogP contribution in [0.2, 0.25) is 0 Å². The number of benzene rings is 2. The van der Waals surface area contributed by atoms with Crippen molar-refractivity contribution in [1.82, 2.24) is 0 Å². The minimum absolute atomic E-state index is 0.0384. The van der Waals surface area contributed by atoms with E-state index in [0.717, 1.165) is 0 Å². The predicted molar refractivity (Wildman–Crippen MR) is 143 cm³/mol. The summed E-state index contributed by atoms with van der Waals surface area (Å²) in [5.41, 5.74) is 10.3. The molecule has 0 spiro atoms. The molecule has 3 aliphatic carbocycles. The van der Waals surface area contributed by atoms with Crippen LogP contribution in [-0.4, -0.2) is 57.9 Å². The fourth-order valence-electron chi connectivity index (χ4n) is 7.17. The van der Waals surface area contributed by atoms with Gasteiger partial charge in [-0.2, -0.15) is 0 Å². The fraction of sp³-hybridized carbons (Fsp3) is 0.400. The smallest absolute Gasteiger partial charge is 0.337 e. The number of Topliss-reactive ketones (excluding diaryl/α,β-unsaturated/α-hetero) is 4. The molecule has 2 aromatic carbocycles. The van der Waals surface area contributed by atoms with E-state index in [4.69, 9.17) is 16.2 Å². The molecule has 214 valence electrons. The normalized spacial score (nSPS) is 29.0. The number of rotatable bonds is 4. The van der Waals surface area contributed by atoms with Crippen molar-refractivity contribution in [2.75, 3.05) is 12.8 Å². The zero-order valence-corrected chi connectivity index (χ0v) is 22.7. The number of carbonyl (C=O) groups is 6. The Balaban J connectivity index is 1.66. The summed E-state index contributed by atoms with van der Waals surface area (Å²) in [5.74, 6) is -13.1. The molecule has 6 N–H and O–H groups in total. The topological polar surface area (TPSA) is 204 Å². The van der Waals surface area contributed by atoms with Gasteiger partial charge in [-0.1, -0.05) is 19.9 Å². The predicted octanol–water partition coefficient (Wildman–Crippen LogP) is 1.24. The SMILES string of the molecule is COC(=O)c1cc(N)cc(-c2ccc(O)c3c2C[C@H]2C[C@H]4[C@H](C(C)C)C(=O)C(C(N)=O)C(=O)[C@@]4(O)C(=O)C2C3=O)c1. The maximum absolute atomic E-state index is 13.9. The number of fused-ring (bicyclic) bond motifs is 3. The van der Waals surface area contributed by atoms with Gasteiger partial charge in [0.15, 0.2) is 34.7 Å². The number of anilines is 1. The van der Waals surface area contributed by atoms with Crippen LogP contribution >= 0.6 is 0 Å². The molecule has 0 aromatic heterocycles. The summed E-state index contributed by atoms with van der Waals surface area (Å²) in [7, 11) is 1.23. The number of ketones is 4. The molecule has 41 heavy (non-hydrogen) atoms. The highest BCUT2D eigenvalue weighted by Crippen LogP contribution is 2.53. The third-order valence-corrected chi connectivity index (χ3v) is 8.88. The van der Waals surface area contributed by atoms with Crippen molar-refractivity contribution in [2.24, 2.45) is 41.2 Å². The van der Waals surface area contributed by atoms with Crippen molar-refractivity contribution in [2.45, 2.75) is 32.3 Å². The number of esters is 1. The highest BCUT2D eigenvalue weighted by Gasteiger charge is 2.69. The van der Waals surface area contributed by atoms with Gasteiger partial charge in [0.2, 0.25) is 5.91 Å². The first-order chi connectivity index (χ1) is 19.2. The van der Waals surface area contributed by atoms with Crippen molar-refractivity contribution < 1.29 is 43.7 Å². The number of aromatic hydroxyl groups is 1. The molecule has 1 amide bonds. The fourth-order valence-corrected chi connectivity index (χ4v) is 7.17. The Kier molecular flexibility index (Phi) is 6.61. The van der Waals surface area contributed by atoms with Gasteiger partial charge in [-0.25, -0.2) is 4.79 Å². The van der Waals surface area contributed by atoms with E-state index in [2.05, 4.69) is 0 Å². The molecule has 0 bridgehead atoms. The molecule has 0 heterocycles.